The van der Waals surface area contributed by atoms with Crippen LogP contribution in [-0.2, 0) is 9.30 Å². The van der Waals surface area contributed by atoms with E-state index in [-0.39, 0.29) is 5.41 Å². The van der Waals surface area contributed by atoms with Crippen molar-refractivity contribution >= 4 is 18.3 Å². The zero-order valence-electron chi connectivity index (χ0n) is 17.5. The summed E-state index contributed by atoms with van der Waals surface area (Å²) in [6.07, 6.45) is 3.12. The number of anilines is 1. The topological polar surface area (TPSA) is 44.8 Å². The normalized spacial score (nSPS) is 25.6. The first-order valence-corrected chi connectivity index (χ1v) is 12.2. The molecule has 2 aromatic rings. The number of ether oxygens (including phenoxy) is 1. The van der Waals surface area contributed by atoms with Crippen LogP contribution in [0, 0.1) is 5.41 Å². The predicted molar refractivity (Wildman–Crippen MR) is 122 cm³/mol. The number of fused-ring (bicyclic) bond motifs is 1. The summed E-state index contributed by atoms with van der Waals surface area (Å²) in [7, 11) is -3.11. The Morgan fingerprint density at radius 3 is 2.27 bits per heavy atom. The van der Waals surface area contributed by atoms with Gasteiger partial charge in [-0.3, -0.25) is 9.99 Å². The number of rotatable bonds is 3. The molecule has 6 heteroatoms. The molecular weight excluding hydrogens is 393 g/mol. The molecule has 2 heterocycles. The number of benzene rings is 2. The minimum Gasteiger partial charge on any atom is -0.378 e. The number of hydrogen-bond acceptors (Lipinski definition) is 4. The van der Waals surface area contributed by atoms with E-state index in [4.69, 9.17) is 4.74 Å². The SMILES string of the molecule is CC1(C)C=C2NN(c3ccccc3)[P@](=O)(c3ccccc3)C2=C(N2CCOCC2)C1. The molecule has 0 spiro atoms. The molecule has 2 saturated heterocycles. The summed E-state index contributed by atoms with van der Waals surface area (Å²) in [5.41, 5.74) is 6.60. The molecule has 2 fully saturated rings. The zero-order valence-corrected chi connectivity index (χ0v) is 18.4. The van der Waals surface area contributed by atoms with Gasteiger partial charge in [-0.2, -0.15) is 0 Å². The van der Waals surface area contributed by atoms with E-state index in [0.29, 0.717) is 13.2 Å². The molecule has 0 bridgehead atoms. The van der Waals surface area contributed by atoms with E-state index < -0.39 is 7.29 Å². The van der Waals surface area contributed by atoms with E-state index in [1.54, 1.807) is 0 Å². The van der Waals surface area contributed by atoms with Gasteiger partial charge >= 0.3 is 0 Å². The summed E-state index contributed by atoms with van der Waals surface area (Å²) in [6.45, 7) is 7.59. The molecule has 2 aromatic carbocycles. The second-order valence-electron chi connectivity index (χ2n) is 8.79. The molecule has 1 N–H and O–H groups in total. The molecule has 5 rings (SSSR count). The van der Waals surface area contributed by atoms with Crippen LogP contribution in [0.1, 0.15) is 20.3 Å². The third-order valence-corrected chi connectivity index (χ3v) is 8.99. The van der Waals surface area contributed by atoms with E-state index >= 15 is 4.57 Å². The van der Waals surface area contributed by atoms with Gasteiger partial charge in [0.2, 0.25) is 0 Å². The monoisotopic (exact) mass is 421 g/mol. The summed E-state index contributed by atoms with van der Waals surface area (Å²) < 4.78 is 22.6. The number of morpholine rings is 1. The fourth-order valence-electron chi connectivity index (χ4n) is 4.65. The van der Waals surface area contributed by atoms with Gasteiger partial charge in [0.05, 0.1) is 29.9 Å². The fraction of sp³-hybridized carbons (Fsp3) is 0.333. The quantitative estimate of drug-likeness (QED) is 0.741. The minimum absolute atomic E-state index is 0.0202. The lowest BCUT2D eigenvalue weighted by atomic mass is 9.82. The number of nitrogens with zero attached hydrogens (tertiary/aromatic N) is 2. The molecule has 1 atom stereocenters. The van der Waals surface area contributed by atoms with Crippen molar-refractivity contribution in [1.29, 1.82) is 0 Å². The zero-order chi connectivity index (χ0) is 20.8. The Bertz CT molecular complexity index is 1040. The van der Waals surface area contributed by atoms with Crippen LogP contribution < -0.4 is 15.5 Å². The predicted octanol–water partition coefficient (Wildman–Crippen LogP) is 4.47. The van der Waals surface area contributed by atoms with Crippen molar-refractivity contribution < 1.29 is 9.30 Å². The Kier molecular flexibility index (Phi) is 4.76. The minimum atomic E-state index is -3.11. The Hall–Kier alpha value is -2.49. The lowest BCUT2D eigenvalue weighted by Gasteiger charge is -2.38. The van der Waals surface area contributed by atoms with Gasteiger partial charge in [-0.25, -0.2) is 4.78 Å². The van der Waals surface area contributed by atoms with Crippen LogP contribution in [0.15, 0.2) is 83.4 Å². The maximum Gasteiger partial charge on any atom is 0.251 e. The molecular formula is C24H28N3O2P. The number of hydrazine groups is 1. The second-order valence-corrected chi connectivity index (χ2v) is 11.3. The highest BCUT2D eigenvalue weighted by Crippen LogP contribution is 2.66. The average molecular weight is 421 g/mol. The van der Waals surface area contributed by atoms with Crippen molar-refractivity contribution in [3.63, 3.8) is 0 Å². The van der Waals surface area contributed by atoms with Gasteiger partial charge in [0.25, 0.3) is 7.29 Å². The molecule has 156 valence electrons. The molecule has 0 radical (unpaired) electrons. The summed E-state index contributed by atoms with van der Waals surface area (Å²) in [4.78, 5) is 2.39. The van der Waals surface area contributed by atoms with E-state index in [1.165, 1.54) is 5.70 Å². The highest BCUT2D eigenvalue weighted by molar-refractivity contribution is 7.77. The van der Waals surface area contributed by atoms with Crippen LogP contribution in [0.2, 0.25) is 0 Å². The van der Waals surface area contributed by atoms with Gasteiger partial charge in [-0.15, -0.1) is 0 Å². The first-order valence-electron chi connectivity index (χ1n) is 10.6. The maximum absolute atomic E-state index is 15.1. The van der Waals surface area contributed by atoms with Gasteiger partial charge in [-0.1, -0.05) is 56.3 Å². The van der Waals surface area contributed by atoms with Crippen molar-refractivity contribution in [1.82, 2.24) is 10.3 Å². The van der Waals surface area contributed by atoms with Crippen molar-refractivity contribution in [3.05, 3.63) is 83.4 Å². The van der Waals surface area contributed by atoms with Gasteiger partial charge in [0, 0.05) is 24.1 Å². The van der Waals surface area contributed by atoms with E-state index in [1.807, 2.05) is 65.4 Å². The first-order chi connectivity index (χ1) is 14.5. The van der Waals surface area contributed by atoms with Gasteiger partial charge < -0.3 is 9.64 Å². The van der Waals surface area contributed by atoms with Crippen LogP contribution in [0.4, 0.5) is 5.69 Å². The summed E-state index contributed by atoms with van der Waals surface area (Å²) in [5.74, 6) is 0. The van der Waals surface area contributed by atoms with E-state index in [2.05, 4.69) is 30.2 Å². The Balaban J connectivity index is 1.75. The first kappa shape index (κ1) is 19.5. The van der Waals surface area contributed by atoms with E-state index in [9.17, 15) is 0 Å². The molecule has 0 unspecified atom stereocenters. The number of nitrogens with one attached hydrogen (secondary N) is 1. The maximum atomic E-state index is 15.1. The third kappa shape index (κ3) is 3.17. The van der Waals surface area contributed by atoms with Crippen molar-refractivity contribution in [2.24, 2.45) is 5.41 Å². The van der Waals surface area contributed by atoms with Crippen LogP contribution >= 0.6 is 7.29 Å². The molecule has 0 aromatic heterocycles. The molecule has 0 amide bonds. The summed E-state index contributed by atoms with van der Waals surface area (Å²) in [6, 6.07) is 19.9. The lowest BCUT2D eigenvalue weighted by molar-refractivity contribution is 0.0497. The van der Waals surface area contributed by atoms with E-state index in [0.717, 1.165) is 41.5 Å². The van der Waals surface area contributed by atoms with Crippen LogP contribution in [0.25, 0.3) is 0 Å². The van der Waals surface area contributed by atoms with Crippen LogP contribution in [0.5, 0.6) is 0 Å². The molecule has 0 saturated carbocycles. The molecule has 3 aliphatic rings. The lowest BCUT2D eigenvalue weighted by Crippen LogP contribution is -2.38. The molecule has 1 aliphatic carbocycles. The van der Waals surface area contributed by atoms with Crippen molar-refractivity contribution in [3.8, 4) is 0 Å². The smallest absolute Gasteiger partial charge is 0.251 e. The Morgan fingerprint density at radius 2 is 1.60 bits per heavy atom. The van der Waals surface area contributed by atoms with Crippen LogP contribution in [-0.4, -0.2) is 31.2 Å². The van der Waals surface area contributed by atoms with Crippen LogP contribution in [0.3, 0.4) is 0 Å². The Morgan fingerprint density at radius 1 is 0.967 bits per heavy atom. The third-order valence-electron chi connectivity index (χ3n) is 6.00. The van der Waals surface area contributed by atoms with Gasteiger partial charge in [0.15, 0.2) is 0 Å². The summed E-state index contributed by atoms with van der Waals surface area (Å²) >= 11 is 0. The van der Waals surface area contributed by atoms with Crippen molar-refractivity contribution in [2.45, 2.75) is 20.3 Å². The van der Waals surface area contributed by atoms with Gasteiger partial charge in [-0.05, 0) is 36.1 Å². The molecule has 2 aliphatic heterocycles. The summed E-state index contributed by atoms with van der Waals surface area (Å²) in [5, 5.41) is 1.81. The highest BCUT2D eigenvalue weighted by atomic mass is 31.2. The molecule has 5 nitrogen and oxygen atoms in total. The highest BCUT2D eigenvalue weighted by Gasteiger charge is 2.50. The number of allylic oxidation sites excluding steroid dienone is 3. The number of para-hydroxylation sites is 1. The van der Waals surface area contributed by atoms with Crippen molar-refractivity contribution in [2.75, 3.05) is 31.1 Å². The molecule has 30 heavy (non-hydrogen) atoms. The largest absolute Gasteiger partial charge is 0.378 e. The Labute approximate surface area is 178 Å². The average Bonchev–Trinajstić information content (AvgIpc) is 3.07. The fourth-order valence-corrected chi connectivity index (χ4v) is 7.64. The number of hydrogen-bond donors (Lipinski definition) is 1. The second kappa shape index (κ2) is 7.33. The van der Waals surface area contributed by atoms with Gasteiger partial charge in [0.1, 0.15) is 0 Å². The standard InChI is InChI=1S/C24H28N3O2P/c1-24(2)17-21-23(22(18-24)26-13-15-29-16-14-26)30(28,20-11-7-4-8-12-20)27(25-21)19-9-5-3-6-10-19/h3-12,17,25H,13-16,18H2,1-2H3/t30-/m0/s1.